The fraction of sp³-hybridized carbons (Fsp3) is 0.353. The van der Waals surface area contributed by atoms with E-state index in [0.717, 1.165) is 61.2 Å². The number of nitrogens with one attached hydrogen (secondary N) is 4. The van der Waals surface area contributed by atoms with E-state index in [1.165, 1.54) is 36.7 Å². The Hall–Kier alpha value is -3.98. The summed E-state index contributed by atoms with van der Waals surface area (Å²) in [5.74, 6) is -1.87. The number of aromatic nitrogens is 2. The number of rotatable bonds is 6. The highest BCUT2D eigenvalue weighted by atomic mass is 35.5. The van der Waals surface area contributed by atoms with Gasteiger partial charge in [0, 0.05) is 32.3 Å². The highest BCUT2D eigenvalue weighted by molar-refractivity contribution is 7.17. The van der Waals surface area contributed by atoms with Crippen LogP contribution in [0, 0.1) is 11.6 Å². The summed E-state index contributed by atoms with van der Waals surface area (Å²) in [6, 6.07) is 7.21. The number of halogens is 4. The minimum Gasteiger partial charge on any atom is -0.349 e. The first-order valence-electron chi connectivity index (χ1n) is 16.0. The predicted molar refractivity (Wildman–Crippen MR) is 186 cm³/mol. The van der Waals surface area contributed by atoms with Gasteiger partial charge in [-0.25, -0.2) is 18.7 Å². The van der Waals surface area contributed by atoms with Crippen LogP contribution in [0.5, 0.6) is 0 Å². The number of hydrogen-bond donors (Lipinski definition) is 4. The number of benzene rings is 2. The van der Waals surface area contributed by atoms with Gasteiger partial charge >= 0.3 is 0 Å². The van der Waals surface area contributed by atoms with E-state index in [1.54, 1.807) is 12.1 Å². The van der Waals surface area contributed by atoms with Gasteiger partial charge in [0.1, 0.15) is 43.5 Å². The average Bonchev–Trinajstić information content (AvgIpc) is 3.82. The van der Waals surface area contributed by atoms with E-state index in [1.807, 2.05) is 0 Å². The molecule has 4 N–H and O–H groups in total. The molecule has 0 unspecified atom stereocenters. The van der Waals surface area contributed by atoms with Crippen molar-refractivity contribution in [3.63, 3.8) is 0 Å². The summed E-state index contributed by atoms with van der Waals surface area (Å²) < 4.78 is 26.9. The molecular weight excluding hydrogens is 729 g/mol. The van der Waals surface area contributed by atoms with Gasteiger partial charge in [-0.1, -0.05) is 23.2 Å². The molecular formula is C34H30Cl2F2N6O4S2. The summed E-state index contributed by atoms with van der Waals surface area (Å²) in [6.45, 7) is 0. The summed E-state index contributed by atoms with van der Waals surface area (Å²) in [6.07, 6.45) is 10.2. The maximum absolute atomic E-state index is 13.5. The molecule has 4 heterocycles. The smallest absolute Gasteiger partial charge is 0.263 e. The third-order valence-corrected chi connectivity index (χ3v) is 12.0. The van der Waals surface area contributed by atoms with E-state index in [0.29, 0.717) is 43.7 Å². The minimum absolute atomic E-state index is 0.119. The second-order valence-electron chi connectivity index (χ2n) is 13.1. The molecule has 2 aliphatic heterocycles. The van der Waals surface area contributed by atoms with E-state index >= 15 is 0 Å². The van der Waals surface area contributed by atoms with Crippen LogP contribution < -0.4 is 21.3 Å². The lowest BCUT2D eigenvalue weighted by Crippen LogP contribution is -2.47. The van der Waals surface area contributed by atoms with Gasteiger partial charge in [-0.2, -0.15) is 0 Å². The Morgan fingerprint density at radius 1 is 0.700 bits per heavy atom. The number of nitrogens with zero attached hydrogens (tertiary/aromatic N) is 2. The lowest BCUT2D eigenvalue weighted by Gasteiger charge is -2.37. The maximum atomic E-state index is 13.5. The second kappa shape index (κ2) is 13.6. The summed E-state index contributed by atoms with van der Waals surface area (Å²) in [4.78, 5) is 58.0. The molecule has 50 heavy (non-hydrogen) atoms. The fourth-order valence-corrected chi connectivity index (χ4v) is 8.76. The van der Waals surface area contributed by atoms with Gasteiger partial charge in [-0.3, -0.25) is 19.2 Å². The number of thiazole rings is 2. The monoisotopic (exact) mass is 758 g/mol. The van der Waals surface area contributed by atoms with E-state index in [2.05, 4.69) is 31.2 Å². The Kier molecular flexibility index (Phi) is 9.39. The van der Waals surface area contributed by atoms with Gasteiger partial charge in [0.15, 0.2) is 0 Å². The van der Waals surface area contributed by atoms with Gasteiger partial charge < -0.3 is 21.3 Å². The molecule has 2 atom stereocenters. The van der Waals surface area contributed by atoms with Crippen LogP contribution in [-0.4, -0.2) is 56.8 Å². The number of amides is 4. The average molecular weight is 760 g/mol. The Morgan fingerprint density at radius 2 is 1.10 bits per heavy atom. The first-order valence-corrected chi connectivity index (χ1v) is 18.4. The molecule has 2 saturated carbocycles. The molecule has 16 heteroatoms. The quantitative estimate of drug-likeness (QED) is 0.182. The topological polar surface area (TPSA) is 142 Å². The van der Waals surface area contributed by atoms with Crippen LogP contribution >= 0.6 is 45.9 Å². The molecule has 2 spiro atoms. The molecule has 10 nitrogen and oxygen atoms in total. The molecule has 0 bridgehead atoms. The third kappa shape index (κ3) is 7.25. The molecule has 0 radical (unpaired) electrons. The fourth-order valence-electron chi connectivity index (χ4n) is 6.70. The van der Waals surface area contributed by atoms with Crippen molar-refractivity contribution in [2.24, 2.45) is 0 Å². The zero-order valence-corrected chi connectivity index (χ0v) is 29.4. The lowest BCUT2D eigenvalue weighted by molar-refractivity contribution is -0.122. The summed E-state index contributed by atoms with van der Waals surface area (Å²) in [7, 11) is 0. The van der Waals surface area contributed by atoms with Crippen molar-refractivity contribution in [2.75, 3.05) is 0 Å². The summed E-state index contributed by atoms with van der Waals surface area (Å²) in [5.41, 5.74) is 0.792. The van der Waals surface area contributed by atoms with Crippen LogP contribution in [0.15, 0.2) is 48.8 Å². The van der Waals surface area contributed by atoms with E-state index in [9.17, 15) is 28.0 Å². The molecule has 4 amide bonds. The molecule has 4 aromatic rings. The van der Waals surface area contributed by atoms with Crippen molar-refractivity contribution in [2.45, 2.75) is 74.5 Å². The lowest BCUT2D eigenvalue weighted by atomic mass is 9.75. The van der Waals surface area contributed by atoms with Crippen molar-refractivity contribution in [3.05, 3.63) is 80.2 Å². The number of carbonyl (C=O) groups excluding carboxylic acids is 4. The Morgan fingerprint density at radius 3 is 1.42 bits per heavy atom. The number of carbonyl (C=O) groups is 4. The third-order valence-electron chi connectivity index (χ3n) is 9.51. The molecule has 2 aliphatic carbocycles. The van der Waals surface area contributed by atoms with Gasteiger partial charge in [-0.05, 0) is 87.8 Å². The summed E-state index contributed by atoms with van der Waals surface area (Å²) in [5, 5.41) is 13.1. The van der Waals surface area contributed by atoms with Gasteiger partial charge in [-0.15, -0.1) is 22.7 Å². The maximum Gasteiger partial charge on any atom is 0.263 e. The van der Waals surface area contributed by atoms with Crippen molar-refractivity contribution < 1.29 is 28.0 Å². The minimum atomic E-state index is -0.512. The van der Waals surface area contributed by atoms with Crippen LogP contribution in [0.1, 0.15) is 70.7 Å². The van der Waals surface area contributed by atoms with Crippen molar-refractivity contribution in [1.29, 1.82) is 0 Å². The predicted octanol–water partition coefficient (Wildman–Crippen LogP) is 6.29. The van der Waals surface area contributed by atoms with Gasteiger partial charge in [0.05, 0.1) is 12.4 Å². The van der Waals surface area contributed by atoms with Gasteiger partial charge in [0.2, 0.25) is 11.8 Å². The number of hydrogen-bond acceptors (Lipinski definition) is 8. The van der Waals surface area contributed by atoms with Crippen LogP contribution in [0.3, 0.4) is 0 Å². The Balaban J connectivity index is 0.000000157. The molecule has 260 valence electrons. The van der Waals surface area contributed by atoms with Crippen molar-refractivity contribution in [3.8, 4) is 21.1 Å². The molecule has 4 fully saturated rings. The van der Waals surface area contributed by atoms with Crippen LogP contribution in [-0.2, 0) is 9.59 Å². The largest absolute Gasteiger partial charge is 0.349 e. The van der Waals surface area contributed by atoms with Gasteiger partial charge in [0.25, 0.3) is 11.8 Å². The van der Waals surface area contributed by atoms with Crippen LogP contribution in [0.25, 0.3) is 21.1 Å². The Bertz CT molecular complexity index is 1830. The second-order valence-corrected chi connectivity index (χ2v) is 16.0. The van der Waals surface area contributed by atoms with Crippen LogP contribution in [0.2, 0.25) is 10.0 Å². The SMILES string of the molecule is O=C(N[C@@H]1CC2(CCC2)NC1=O)c1cnc(-c2cc(F)cc(Cl)c2)s1.O=C(N[C@H]1CC2(CCC2)NC1=O)c1cnc(-c2cc(F)cc(Cl)c2)s1. The molecule has 2 saturated heterocycles. The molecule has 2 aromatic carbocycles. The molecule has 4 aliphatic rings. The zero-order chi connectivity index (χ0) is 35.2. The van der Waals surface area contributed by atoms with Crippen molar-refractivity contribution in [1.82, 2.24) is 31.2 Å². The first kappa shape index (κ1) is 34.5. The standard InChI is InChI=1S/2C17H15ClFN3O2S/c2*18-10-4-9(5-11(19)6-10)16-20-8-13(25-16)15(24)21-12-7-17(2-1-3-17)22-14(12)23/h2*4-6,8,12H,1-3,7H2,(H,21,24)(H,22,23)/t2*12-/m10/s1. The normalized spacial score (nSPS) is 21.0. The Labute approximate surface area is 303 Å². The molecule has 8 rings (SSSR count). The molecule has 2 aromatic heterocycles. The zero-order valence-electron chi connectivity index (χ0n) is 26.3. The highest BCUT2D eigenvalue weighted by Gasteiger charge is 2.49. The van der Waals surface area contributed by atoms with E-state index in [-0.39, 0.29) is 44.8 Å². The first-order chi connectivity index (χ1) is 23.9. The summed E-state index contributed by atoms with van der Waals surface area (Å²) >= 11 is 14.0. The van der Waals surface area contributed by atoms with Crippen LogP contribution in [0.4, 0.5) is 8.78 Å². The van der Waals surface area contributed by atoms with E-state index in [4.69, 9.17) is 23.2 Å². The van der Waals surface area contributed by atoms with E-state index < -0.39 is 23.7 Å². The van der Waals surface area contributed by atoms with Crippen molar-refractivity contribution >= 4 is 69.5 Å². The highest BCUT2D eigenvalue weighted by Crippen LogP contribution is 2.40.